The Morgan fingerprint density at radius 1 is 0.960 bits per heavy atom. The predicted octanol–water partition coefficient (Wildman–Crippen LogP) is 2.30. The molecule has 1 aliphatic heterocycles. The maximum Gasteiger partial charge on any atom is 0.321 e. The van der Waals surface area contributed by atoms with Gasteiger partial charge in [-0.3, -0.25) is 0 Å². The molecule has 8 heteroatoms. The van der Waals surface area contributed by atoms with E-state index in [4.69, 9.17) is 0 Å². The number of aromatic hydroxyl groups is 3. The smallest absolute Gasteiger partial charge is 0.321 e. The third-order valence-corrected chi connectivity index (χ3v) is 4.08. The molecule has 2 aromatic rings. The zero-order valence-corrected chi connectivity index (χ0v) is 13.3. The fourth-order valence-electron chi connectivity index (χ4n) is 2.70. The molecule has 1 fully saturated rings. The number of hydrogen-bond donors (Lipinski definition) is 4. The second kappa shape index (κ2) is 6.76. The van der Waals surface area contributed by atoms with Gasteiger partial charge in [-0.15, -0.1) is 0 Å². The molecule has 1 aliphatic rings. The van der Waals surface area contributed by atoms with Gasteiger partial charge in [-0.2, -0.15) is 0 Å². The van der Waals surface area contributed by atoms with Crippen LogP contribution in [-0.2, 0) is 0 Å². The summed E-state index contributed by atoms with van der Waals surface area (Å²) < 4.78 is 13.0. The number of hydrogen-bond acceptors (Lipinski definition) is 5. The number of phenols is 3. The van der Waals surface area contributed by atoms with Crippen LogP contribution < -0.4 is 10.2 Å². The molecule has 2 amide bonds. The topological polar surface area (TPSA) is 96.3 Å². The number of halogens is 1. The van der Waals surface area contributed by atoms with E-state index >= 15 is 0 Å². The monoisotopic (exact) mass is 347 g/mol. The van der Waals surface area contributed by atoms with Crippen molar-refractivity contribution in [2.45, 2.75) is 0 Å². The SMILES string of the molecule is O=C(Nc1cc(O)c(O)c(O)c1)N1CCN(c2ccc(F)cc2)CC1. The molecular weight excluding hydrogens is 329 g/mol. The molecule has 1 saturated heterocycles. The van der Waals surface area contributed by atoms with Gasteiger partial charge >= 0.3 is 6.03 Å². The first-order valence-electron chi connectivity index (χ1n) is 7.75. The third kappa shape index (κ3) is 3.68. The average Bonchev–Trinajstić information content (AvgIpc) is 2.60. The maximum absolute atomic E-state index is 13.0. The highest BCUT2D eigenvalue weighted by Crippen LogP contribution is 2.37. The van der Waals surface area contributed by atoms with E-state index in [1.165, 1.54) is 12.1 Å². The van der Waals surface area contributed by atoms with Crippen LogP contribution in [-0.4, -0.2) is 52.4 Å². The van der Waals surface area contributed by atoms with Gasteiger partial charge in [0.05, 0.1) is 5.69 Å². The number of benzene rings is 2. The van der Waals surface area contributed by atoms with Crippen molar-refractivity contribution in [3.63, 3.8) is 0 Å². The highest BCUT2D eigenvalue weighted by molar-refractivity contribution is 5.90. The number of nitrogens with zero attached hydrogens (tertiary/aromatic N) is 2. The molecule has 2 aromatic carbocycles. The van der Waals surface area contributed by atoms with Crippen molar-refractivity contribution in [2.24, 2.45) is 0 Å². The van der Waals surface area contributed by atoms with Crippen molar-refractivity contribution in [3.8, 4) is 17.2 Å². The summed E-state index contributed by atoms with van der Waals surface area (Å²) in [5.74, 6) is -1.96. The van der Waals surface area contributed by atoms with Gasteiger partial charge in [0.25, 0.3) is 0 Å². The highest BCUT2D eigenvalue weighted by atomic mass is 19.1. The van der Waals surface area contributed by atoms with Crippen LogP contribution in [0.25, 0.3) is 0 Å². The lowest BCUT2D eigenvalue weighted by Crippen LogP contribution is -2.50. The third-order valence-electron chi connectivity index (χ3n) is 4.08. The van der Waals surface area contributed by atoms with E-state index in [-0.39, 0.29) is 17.5 Å². The van der Waals surface area contributed by atoms with Gasteiger partial charge < -0.3 is 30.4 Å². The van der Waals surface area contributed by atoms with E-state index in [9.17, 15) is 24.5 Å². The van der Waals surface area contributed by atoms with E-state index in [2.05, 4.69) is 10.2 Å². The Bertz CT molecular complexity index is 751. The summed E-state index contributed by atoms with van der Waals surface area (Å²) in [7, 11) is 0. The van der Waals surface area contributed by atoms with Crippen molar-refractivity contribution in [1.82, 2.24) is 4.90 Å². The number of carbonyl (C=O) groups is 1. The van der Waals surface area contributed by atoms with Crippen LogP contribution in [0.4, 0.5) is 20.6 Å². The van der Waals surface area contributed by atoms with Crippen molar-refractivity contribution in [3.05, 3.63) is 42.2 Å². The van der Waals surface area contributed by atoms with Crippen LogP contribution in [0.15, 0.2) is 36.4 Å². The molecule has 0 radical (unpaired) electrons. The Morgan fingerprint density at radius 3 is 2.08 bits per heavy atom. The van der Waals surface area contributed by atoms with Gasteiger partial charge in [0.15, 0.2) is 17.2 Å². The lowest BCUT2D eigenvalue weighted by molar-refractivity contribution is 0.208. The number of amides is 2. The number of nitrogens with one attached hydrogen (secondary N) is 1. The van der Waals surface area contributed by atoms with Crippen molar-refractivity contribution in [2.75, 3.05) is 36.4 Å². The normalized spacial score (nSPS) is 14.4. The van der Waals surface area contributed by atoms with Gasteiger partial charge in [-0.05, 0) is 24.3 Å². The minimum atomic E-state index is -0.633. The average molecular weight is 347 g/mol. The Balaban J connectivity index is 1.59. The molecular formula is C17H18FN3O4. The summed E-state index contributed by atoms with van der Waals surface area (Å²) in [6.45, 7) is 2.15. The van der Waals surface area contributed by atoms with Gasteiger partial charge in [0, 0.05) is 44.0 Å². The molecule has 0 aromatic heterocycles. The Kier molecular flexibility index (Phi) is 4.51. The first kappa shape index (κ1) is 16.7. The molecule has 3 rings (SSSR count). The van der Waals surface area contributed by atoms with Gasteiger partial charge in [0.1, 0.15) is 5.82 Å². The number of carbonyl (C=O) groups excluding carboxylic acids is 1. The molecule has 0 saturated carbocycles. The minimum Gasteiger partial charge on any atom is -0.504 e. The highest BCUT2D eigenvalue weighted by Gasteiger charge is 2.22. The van der Waals surface area contributed by atoms with Crippen LogP contribution in [0.2, 0.25) is 0 Å². The maximum atomic E-state index is 13.0. The molecule has 7 nitrogen and oxygen atoms in total. The lowest BCUT2D eigenvalue weighted by Gasteiger charge is -2.36. The Hall–Kier alpha value is -3.16. The standard InChI is InChI=1S/C17H18FN3O4/c18-11-1-3-13(4-2-11)20-5-7-21(8-6-20)17(25)19-12-9-14(22)16(24)15(23)10-12/h1-4,9-10,22-24H,5-8H2,(H,19,25). The fraction of sp³-hybridized carbons (Fsp3) is 0.235. The van der Waals surface area contributed by atoms with E-state index in [0.717, 1.165) is 17.8 Å². The second-order valence-corrected chi connectivity index (χ2v) is 5.74. The first-order valence-corrected chi connectivity index (χ1v) is 7.75. The number of urea groups is 1. The summed E-state index contributed by atoms with van der Waals surface area (Å²) in [6, 6.07) is 8.14. The molecule has 0 aliphatic carbocycles. The summed E-state index contributed by atoms with van der Waals surface area (Å²) in [4.78, 5) is 15.9. The van der Waals surface area contributed by atoms with E-state index < -0.39 is 17.2 Å². The Morgan fingerprint density at radius 2 is 1.52 bits per heavy atom. The lowest BCUT2D eigenvalue weighted by atomic mass is 10.2. The van der Waals surface area contributed by atoms with Crippen LogP contribution in [0, 0.1) is 5.82 Å². The first-order chi connectivity index (χ1) is 11.9. The number of piperazine rings is 1. The van der Waals surface area contributed by atoms with Crippen LogP contribution >= 0.6 is 0 Å². The van der Waals surface area contributed by atoms with E-state index in [0.29, 0.717) is 26.2 Å². The van der Waals surface area contributed by atoms with Crippen LogP contribution in [0.1, 0.15) is 0 Å². The molecule has 1 heterocycles. The van der Waals surface area contributed by atoms with Crippen LogP contribution in [0.3, 0.4) is 0 Å². The summed E-state index contributed by atoms with van der Waals surface area (Å²) in [6.07, 6.45) is 0. The number of phenolic OH excluding ortho intramolecular Hbond substituents is 3. The summed E-state index contributed by atoms with van der Waals surface area (Å²) in [5.41, 5.74) is 1.08. The zero-order valence-electron chi connectivity index (χ0n) is 13.3. The second-order valence-electron chi connectivity index (χ2n) is 5.74. The Labute approximate surface area is 143 Å². The molecule has 0 unspecified atom stereocenters. The summed E-state index contributed by atoms with van der Waals surface area (Å²) in [5, 5.41) is 30.8. The van der Waals surface area contributed by atoms with Crippen molar-refractivity contribution in [1.29, 1.82) is 0 Å². The predicted molar refractivity (Wildman–Crippen MR) is 90.6 cm³/mol. The van der Waals surface area contributed by atoms with Gasteiger partial charge in [-0.1, -0.05) is 0 Å². The quantitative estimate of drug-likeness (QED) is 0.494. The molecule has 0 bridgehead atoms. The summed E-state index contributed by atoms with van der Waals surface area (Å²) >= 11 is 0. The van der Waals surface area contributed by atoms with Crippen molar-refractivity contribution >= 4 is 17.4 Å². The zero-order chi connectivity index (χ0) is 18.0. The molecule has 4 N–H and O–H groups in total. The van der Waals surface area contributed by atoms with Crippen molar-refractivity contribution < 1.29 is 24.5 Å². The van der Waals surface area contributed by atoms with E-state index in [1.54, 1.807) is 17.0 Å². The largest absolute Gasteiger partial charge is 0.504 e. The number of anilines is 2. The minimum absolute atomic E-state index is 0.179. The molecule has 0 atom stereocenters. The molecule has 0 spiro atoms. The fourth-order valence-corrected chi connectivity index (χ4v) is 2.70. The van der Waals surface area contributed by atoms with E-state index in [1.807, 2.05) is 0 Å². The molecule has 25 heavy (non-hydrogen) atoms. The molecule has 132 valence electrons. The number of rotatable bonds is 2. The van der Waals surface area contributed by atoms with Crippen LogP contribution in [0.5, 0.6) is 17.2 Å². The van der Waals surface area contributed by atoms with Gasteiger partial charge in [-0.25, -0.2) is 9.18 Å². The van der Waals surface area contributed by atoms with Gasteiger partial charge in [0.2, 0.25) is 0 Å².